The zero-order valence-corrected chi connectivity index (χ0v) is 35.2. The lowest BCUT2D eigenvalue weighted by Crippen LogP contribution is -2.13. The maximum atomic E-state index is 7.09. The summed E-state index contributed by atoms with van der Waals surface area (Å²) in [7, 11) is -1.88. The molecule has 0 atom stereocenters. The molecule has 0 aromatic heterocycles. The van der Waals surface area contributed by atoms with Crippen LogP contribution < -0.4 is 13.6 Å². The van der Waals surface area contributed by atoms with Crippen molar-refractivity contribution in [2.24, 2.45) is 0 Å². The van der Waals surface area contributed by atoms with E-state index >= 15 is 0 Å². The fraction of sp³-hybridized carbons (Fsp3) is 0.600. The Balaban J connectivity index is 2.35. The zero-order valence-electron chi connectivity index (χ0n) is 34.3. The van der Waals surface area contributed by atoms with E-state index < -0.39 is 8.60 Å². The van der Waals surface area contributed by atoms with E-state index in [1.165, 1.54) is 50.1 Å². The Morgan fingerprint density at radius 2 is 0.490 bits per heavy atom. The highest BCUT2D eigenvalue weighted by molar-refractivity contribution is 7.43. The van der Waals surface area contributed by atoms with Gasteiger partial charge in [0.05, 0.1) is 0 Å². The van der Waals surface area contributed by atoms with E-state index in [0.717, 1.165) is 17.2 Å². The molecule has 3 nitrogen and oxygen atoms in total. The molecule has 0 bridgehead atoms. The molecule has 0 spiro atoms. The Bertz CT molecular complexity index is 1360. The molecular weight excluding hydrogens is 619 g/mol. The number of rotatable bonds is 15. The van der Waals surface area contributed by atoms with Crippen LogP contribution in [0.2, 0.25) is 0 Å². The van der Waals surface area contributed by atoms with Gasteiger partial charge in [0.1, 0.15) is 17.2 Å². The van der Waals surface area contributed by atoms with E-state index in [0.29, 0.717) is 35.5 Å². The van der Waals surface area contributed by atoms with E-state index in [9.17, 15) is 0 Å². The lowest BCUT2D eigenvalue weighted by atomic mass is 9.83. The molecule has 3 aromatic rings. The molecule has 0 heterocycles. The molecule has 3 aromatic carbocycles. The molecule has 0 N–H and O–H groups in total. The second-order valence-corrected chi connectivity index (χ2v) is 17.8. The Hall–Kier alpha value is -2.51. The first-order chi connectivity index (χ1) is 22.8. The lowest BCUT2D eigenvalue weighted by Gasteiger charge is -2.30. The van der Waals surface area contributed by atoms with Crippen LogP contribution in [0.1, 0.15) is 228 Å². The molecule has 49 heavy (non-hydrogen) atoms. The summed E-state index contributed by atoms with van der Waals surface area (Å²) < 4.78 is 21.3. The van der Waals surface area contributed by atoms with Crippen LogP contribution in [0, 0.1) is 0 Å². The molecule has 0 aliphatic heterocycles. The van der Waals surface area contributed by atoms with Gasteiger partial charge in [-0.1, -0.05) is 143 Å². The highest BCUT2D eigenvalue weighted by Gasteiger charge is 2.31. The van der Waals surface area contributed by atoms with Gasteiger partial charge in [0, 0.05) is 16.7 Å². The number of hydrogen-bond acceptors (Lipinski definition) is 3. The van der Waals surface area contributed by atoms with Crippen molar-refractivity contribution in [1.29, 1.82) is 0 Å². The minimum atomic E-state index is -1.88. The average molecular weight is 689 g/mol. The second kappa shape index (κ2) is 17.1. The molecule has 0 saturated heterocycles. The zero-order chi connectivity index (χ0) is 37.1. The molecule has 0 fully saturated rings. The largest absolute Gasteiger partial charge is 0.530 e. The van der Waals surface area contributed by atoms with Crippen molar-refractivity contribution >= 4 is 8.60 Å². The average Bonchev–Trinajstić information content (AvgIpc) is 2.99. The van der Waals surface area contributed by atoms with Crippen LogP contribution in [0.5, 0.6) is 17.2 Å². The van der Waals surface area contributed by atoms with Gasteiger partial charge in [-0.15, -0.1) is 0 Å². The topological polar surface area (TPSA) is 27.7 Å². The number of hydrogen-bond donors (Lipinski definition) is 0. The van der Waals surface area contributed by atoms with Crippen LogP contribution in [-0.4, -0.2) is 0 Å². The molecule has 0 aliphatic carbocycles. The van der Waals surface area contributed by atoms with Gasteiger partial charge in [-0.25, -0.2) is 0 Å². The highest BCUT2D eigenvalue weighted by Crippen LogP contribution is 2.52. The first-order valence-corrected chi connectivity index (χ1v) is 20.2. The smallest absolute Gasteiger partial charge is 0.408 e. The Morgan fingerprint density at radius 1 is 0.286 bits per heavy atom. The third kappa shape index (κ3) is 9.24. The standard InChI is InChI=1S/C45H69O3P/c1-25(2)34-19-22-37(43(31(13)14)40(34)28(7)8)46-49(47-38-23-20-35(26(3)4)41(29(9)10)44(38)32(15)16)48-39-24-21-36(27(5)6)42(30(11)12)45(39)33(17)18/h19-33H,1-18H3. The van der Waals surface area contributed by atoms with Crippen molar-refractivity contribution in [3.63, 3.8) is 0 Å². The van der Waals surface area contributed by atoms with Gasteiger partial charge >= 0.3 is 8.60 Å². The monoisotopic (exact) mass is 688 g/mol. The molecule has 3 rings (SSSR count). The van der Waals surface area contributed by atoms with Gasteiger partial charge in [-0.2, -0.15) is 0 Å². The van der Waals surface area contributed by atoms with Crippen LogP contribution in [0.4, 0.5) is 0 Å². The van der Waals surface area contributed by atoms with Crippen molar-refractivity contribution in [2.45, 2.75) is 178 Å². The normalized spacial score (nSPS) is 12.5. The quantitative estimate of drug-likeness (QED) is 0.149. The van der Waals surface area contributed by atoms with E-state index in [2.05, 4.69) is 161 Å². The van der Waals surface area contributed by atoms with Crippen molar-refractivity contribution in [2.75, 3.05) is 0 Å². The lowest BCUT2D eigenvalue weighted by molar-refractivity contribution is 0.379. The molecule has 0 aliphatic rings. The summed E-state index contributed by atoms with van der Waals surface area (Å²) in [5.74, 6) is 5.74. The summed E-state index contributed by atoms with van der Waals surface area (Å²) in [6, 6.07) is 13.3. The van der Waals surface area contributed by atoms with Gasteiger partial charge in [-0.3, -0.25) is 0 Å². The van der Waals surface area contributed by atoms with Crippen molar-refractivity contribution < 1.29 is 13.6 Å². The molecule has 0 radical (unpaired) electrons. The summed E-state index contributed by atoms with van der Waals surface area (Å²) in [4.78, 5) is 0. The molecule has 0 unspecified atom stereocenters. The maximum Gasteiger partial charge on any atom is 0.530 e. The molecule has 272 valence electrons. The summed E-state index contributed by atoms with van der Waals surface area (Å²) in [6.07, 6.45) is 0. The molecule has 4 heteroatoms. The van der Waals surface area contributed by atoms with Crippen molar-refractivity contribution in [3.05, 3.63) is 86.5 Å². The summed E-state index contributed by atoms with van der Waals surface area (Å²) >= 11 is 0. The van der Waals surface area contributed by atoms with E-state index in [4.69, 9.17) is 13.6 Å². The predicted octanol–water partition coefficient (Wildman–Crippen LogP) is 15.6. The number of benzene rings is 3. The third-order valence-corrected chi connectivity index (χ3v) is 10.7. The van der Waals surface area contributed by atoms with Gasteiger partial charge < -0.3 is 13.6 Å². The second-order valence-electron chi connectivity index (χ2n) is 16.8. The first-order valence-electron chi connectivity index (χ1n) is 19.1. The maximum absolute atomic E-state index is 7.09. The van der Waals surface area contributed by atoms with Crippen LogP contribution >= 0.6 is 8.60 Å². The van der Waals surface area contributed by atoms with Crippen LogP contribution in [0.25, 0.3) is 0 Å². The Morgan fingerprint density at radius 3 is 0.653 bits per heavy atom. The van der Waals surface area contributed by atoms with E-state index in [1.807, 2.05) is 0 Å². The minimum Gasteiger partial charge on any atom is -0.408 e. The van der Waals surface area contributed by atoms with Crippen LogP contribution in [0.15, 0.2) is 36.4 Å². The van der Waals surface area contributed by atoms with Gasteiger partial charge in [-0.05, 0) is 105 Å². The van der Waals surface area contributed by atoms with Gasteiger partial charge in [0.25, 0.3) is 0 Å². The van der Waals surface area contributed by atoms with E-state index in [-0.39, 0.29) is 17.8 Å². The van der Waals surface area contributed by atoms with Crippen LogP contribution in [-0.2, 0) is 0 Å². The molecular formula is C45H69O3P. The minimum absolute atomic E-state index is 0.274. The Kier molecular flexibility index (Phi) is 14.3. The fourth-order valence-corrected chi connectivity index (χ4v) is 8.74. The van der Waals surface area contributed by atoms with Crippen LogP contribution in [0.3, 0.4) is 0 Å². The van der Waals surface area contributed by atoms with E-state index in [1.54, 1.807) is 0 Å². The summed E-state index contributed by atoms with van der Waals surface area (Å²) in [5.41, 5.74) is 12.1. The summed E-state index contributed by atoms with van der Waals surface area (Å²) in [5, 5.41) is 0. The predicted molar refractivity (Wildman–Crippen MR) is 215 cm³/mol. The highest BCUT2D eigenvalue weighted by atomic mass is 31.2. The first kappa shape index (κ1) is 40.9. The SMILES string of the molecule is CC(C)c1ccc(OP(Oc2ccc(C(C)C)c(C(C)C)c2C(C)C)Oc2ccc(C(C)C)c(C(C)C)c2C(C)C)c(C(C)C)c1C(C)C. The van der Waals surface area contributed by atoms with Crippen molar-refractivity contribution in [1.82, 2.24) is 0 Å². The van der Waals surface area contributed by atoms with Gasteiger partial charge in [0.2, 0.25) is 0 Å². The Labute approximate surface area is 302 Å². The summed E-state index contributed by atoms with van der Waals surface area (Å²) in [6.45, 7) is 41.1. The molecule has 0 amide bonds. The van der Waals surface area contributed by atoms with Gasteiger partial charge in [0.15, 0.2) is 0 Å². The third-order valence-electron chi connectivity index (χ3n) is 9.69. The molecule has 0 saturated carbocycles. The fourth-order valence-electron chi connectivity index (χ4n) is 7.67. The van der Waals surface area contributed by atoms with Crippen molar-refractivity contribution in [3.8, 4) is 17.2 Å².